The molecule has 38 heavy (non-hydrogen) atoms. The van der Waals surface area contributed by atoms with E-state index in [1.165, 1.54) is 21.9 Å². The third-order valence-corrected chi connectivity index (χ3v) is 6.94. The number of hydrogen-bond acceptors (Lipinski definition) is 7. The highest BCUT2D eigenvalue weighted by molar-refractivity contribution is 5.94. The van der Waals surface area contributed by atoms with Gasteiger partial charge in [-0.05, 0) is 56.2 Å². The SMILES string of the molecule is NC(N)=NCCCC(N)C(=O)N1CCCC1C(=O)NC(Cc1ccc(O)cc1)C(=O)N1CCCC1C(=O)O. The molecule has 3 amide bonds. The Hall–Kier alpha value is -3.87. The number of carbonyl (C=O) groups excluding carboxylic acids is 3. The Labute approximate surface area is 221 Å². The standard InChI is InChI=1S/C25H37N7O6/c26-17(4-1-11-29-25(27)28)22(35)31-12-2-5-19(31)21(34)30-18(14-15-7-9-16(33)10-8-15)23(36)32-13-3-6-20(32)24(37)38/h7-10,17-20,33H,1-6,11-14,26H2,(H,30,34)(H,37,38)(H4,27,28,29). The number of guanidine groups is 1. The van der Waals surface area contributed by atoms with Crippen molar-refractivity contribution in [3.63, 3.8) is 0 Å². The number of aliphatic carboxylic acids is 1. The molecule has 0 saturated carbocycles. The van der Waals surface area contributed by atoms with E-state index in [1.54, 1.807) is 12.1 Å². The van der Waals surface area contributed by atoms with Gasteiger partial charge in [-0.25, -0.2) is 4.79 Å². The van der Waals surface area contributed by atoms with Crippen LogP contribution < -0.4 is 22.5 Å². The number of nitrogens with one attached hydrogen (secondary N) is 1. The quantitative estimate of drug-likeness (QED) is 0.115. The van der Waals surface area contributed by atoms with Crippen LogP contribution in [0.2, 0.25) is 0 Å². The molecule has 9 N–H and O–H groups in total. The van der Waals surface area contributed by atoms with E-state index in [9.17, 15) is 29.4 Å². The monoisotopic (exact) mass is 531 g/mol. The van der Waals surface area contributed by atoms with Crippen molar-refractivity contribution >= 4 is 29.7 Å². The molecule has 3 rings (SSSR count). The first kappa shape index (κ1) is 28.7. The van der Waals surface area contributed by atoms with Crippen molar-refractivity contribution in [1.82, 2.24) is 15.1 Å². The van der Waals surface area contributed by atoms with Crippen molar-refractivity contribution < 1.29 is 29.4 Å². The number of hydrogen-bond donors (Lipinski definition) is 6. The highest BCUT2D eigenvalue weighted by atomic mass is 16.4. The van der Waals surface area contributed by atoms with Crippen molar-refractivity contribution in [3.05, 3.63) is 29.8 Å². The second-order valence-corrected chi connectivity index (χ2v) is 9.70. The molecule has 2 heterocycles. The summed E-state index contributed by atoms with van der Waals surface area (Å²) in [5.74, 6) is -2.43. The molecule has 4 unspecified atom stereocenters. The minimum atomic E-state index is -1.09. The number of phenolic OH excluding ortho intramolecular Hbond substituents is 1. The Bertz CT molecular complexity index is 1040. The number of rotatable bonds is 11. The van der Waals surface area contributed by atoms with Gasteiger partial charge in [0.15, 0.2) is 5.96 Å². The van der Waals surface area contributed by atoms with Crippen LogP contribution in [0.15, 0.2) is 29.3 Å². The summed E-state index contributed by atoms with van der Waals surface area (Å²) >= 11 is 0. The van der Waals surface area contributed by atoms with Gasteiger partial charge in [0.05, 0.1) is 6.04 Å². The largest absolute Gasteiger partial charge is 0.508 e. The molecule has 2 fully saturated rings. The average Bonchev–Trinajstić information content (AvgIpc) is 3.56. The Kier molecular flexibility index (Phi) is 9.88. The summed E-state index contributed by atoms with van der Waals surface area (Å²) in [6.07, 6.45) is 2.85. The van der Waals surface area contributed by atoms with Crippen LogP contribution in [0.3, 0.4) is 0 Å². The van der Waals surface area contributed by atoms with Gasteiger partial charge >= 0.3 is 5.97 Å². The fourth-order valence-electron chi connectivity index (χ4n) is 4.98. The smallest absolute Gasteiger partial charge is 0.326 e. The first-order chi connectivity index (χ1) is 18.1. The Balaban J connectivity index is 1.72. The molecule has 1 aromatic rings. The molecule has 2 saturated heterocycles. The number of carbonyl (C=O) groups is 4. The van der Waals surface area contributed by atoms with E-state index in [2.05, 4.69) is 10.3 Å². The number of nitrogens with zero attached hydrogens (tertiary/aromatic N) is 3. The van der Waals surface area contributed by atoms with Crippen LogP contribution >= 0.6 is 0 Å². The van der Waals surface area contributed by atoms with Gasteiger partial charge in [-0.15, -0.1) is 0 Å². The van der Waals surface area contributed by atoms with Gasteiger partial charge in [0, 0.05) is 26.1 Å². The molecule has 0 bridgehead atoms. The summed E-state index contributed by atoms with van der Waals surface area (Å²) in [4.78, 5) is 58.2. The van der Waals surface area contributed by atoms with Gasteiger partial charge in [0.25, 0.3) is 0 Å². The van der Waals surface area contributed by atoms with Gasteiger partial charge in [-0.1, -0.05) is 12.1 Å². The van der Waals surface area contributed by atoms with Crippen molar-refractivity contribution in [3.8, 4) is 5.75 Å². The number of likely N-dealkylation sites (tertiary alicyclic amines) is 2. The molecule has 2 aliphatic rings. The van der Waals surface area contributed by atoms with Crippen LogP contribution in [0.25, 0.3) is 0 Å². The fourth-order valence-corrected chi connectivity index (χ4v) is 4.98. The molecule has 0 radical (unpaired) electrons. The summed E-state index contributed by atoms with van der Waals surface area (Å²) < 4.78 is 0. The Morgan fingerprint density at radius 2 is 1.61 bits per heavy atom. The molecule has 13 nitrogen and oxygen atoms in total. The van der Waals surface area contributed by atoms with Crippen LogP contribution in [-0.2, 0) is 25.6 Å². The van der Waals surface area contributed by atoms with Crippen molar-refractivity contribution in [2.45, 2.75) is 69.1 Å². The minimum Gasteiger partial charge on any atom is -0.508 e. The van der Waals surface area contributed by atoms with E-state index in [0.717, 1.165) is 0 Å². The molecule has 208 valence electrons. The number of carboxylic acid groups (broad SMARTS) is 1. The lowest BCUT2D eigenvalue weighted by Crippen LogP contribution is -2.57. The van der Waals surface area contributed by atoms with Crippen LogP contribution in [0.5, 0.6) is 5.75 Å². The molecular formula is C25H37N7O6. The maximum atomic E-state index is 13.5. The van der Waals surface area contributed by atoms with Crippen molar-refractivity contribution in [1.29, 1.82) is 0 Å². The lowest BCUT2D eigenvalue weighted by molar-refractivity contribution is -0.149. The van der Waals surface area contributed by atoms with Crippen LogP contribution in [0.4, 0.5) is 0 Å². The topological polar surface area (TPSA) is 218 Å². The second kappa shape index (κ2) is 13.1. The van der Waals surface area contributed by atoms with Gasteiger partial charge < -0.3 is 42.5 Å². The fraction of sp³-hybridized carbons (Fsp3) is 0.560. The lowest BCUT2D eigenvalue weighted by atomic mass is 10.0. The third kappa shape index (κ3) is 7.34. The number of nitrogens with two attached hydrogens (primary N) is 3. The van der Waals surface area contributed by atoms with Gasteiger partial charge in [-0.3, -0.25) is 19.4 Å². The summed E-state index contributed by atoms with van der Waals surface area (Å²) in [7, 11) is 0. The van der Waals surface area contributed by atoms with E-state index in [-0.39, 0.29) is 30.6 Å². The molecule has 0 spiro atoms. The molecule has 0 aromatic heterocycles. The molecule has 4 atom stereocenters. The number of aliphatic imine (C=N–C) groups is 1. The van der Waals surface area contributed by atoms with Crippen LogP contribution in [0, 0.1) is 0 Å². The maximum absolute atomic E-state index is 13.5. The van der Waals surface area contributed by atoms with Crippen molar-refractivity contribution in [2.24, 2.45) is 22.2 Å². The number of benzene rings is 1. The van der Waals surface area contributed by atoms with E-state index in [1.807, 2.05) is 0 Å². The number of carboxylic acids is 1. The predicted octanol–water partition coefficient (Wildman–Crippen LogP) is -1.13. The van der Waals surface area contributed by atoms with Gasteiger partial charge in [-0.2, -0.15) is 0 Å². The highest BCUT2D eigenvalue weighted by Crippen LogP contribution is 2.22. The van der Waals surface area contributed by atoms with Gasteiger partial charge in [0.1, 0.15) is 23.9 Å². The number of aromatic hydroxyl groups is 1. The molecule has 2 aliphatic heterocycles. The first-order valence-corrected chi connectivity index (χ1v) is 12.8. The zero-order chi connectivity index (χ0) is 27.8. The Morgan fingerprint density at radius 3 is 2.21 bits per heavy atom. The molecular weight excluding hydrogens is 494 g/mol. The number of amides is 3. The van der Waals surface area contributed by atoms with Crippen LogP contribution in [0.1, 0.15) is 44.1 Å². The summed E-state index contributed by atoms with van der Waals surface area (Å²) in [5.41, 5.74) is 17.4. The normalized spacial score (nSPS) is 20.6. The maximum Gasteiger partial charge on any atom is 0.326 e. The van der Waals surface area contributed by atoms with E-state index < -0.39 is 42.0 Å². The summed E-state index contributed by atoms with van der Waals surface area (Å²) in [5, 5.41) is 21.9. The molecule has 1 aromatic carbocycles. The highest BCUT2D eigenvalue weighted by Gasteiger charge is 2.40. The zero-order valence-electron chi connectivity index (χ0n) is 21.3. The molecule has 13 heteroatoms. The summed E-state index contributed by atoms with van der Waals surface area (Å²) in [6.45, 7) is 0.977. The van der Waals surface area contributed by atoms with Crippen LogP contribution in [-0.4, -0.2) is 93.5 Å². The minimum absolute atomic E-state index is 0.0406. The number of phenols is 1. The first-order valence-electron chi connectivity index (χ1n) is 12.8. The van der Waals surface area contributed by atoms with E-state index in [0.29, 0.717) is 57.2 Å². The predicted molar refractivity (Wildman–Crippen MR) is 139 cm³/mol. The van der Waals surface area contributed by atoms with E-state index in [4.69, 9.17) is 17.2 Å². The summed E-state index contributed by atoms with van der Waals surface area (Å²) in [6, 6.07) is 2.59. The Morgan fingerprint density at radius 1 is 1.00 bits per heavy atom. The zero-order valence-corrected chi connectivity index (χ0v) is 21.3. The third-order valence-electron chi connectivity index (χ3n) is 6.94. The molecule has 0 aliphatic carbocycles. The van der Waals surface area contributed by atoms with E-state index >= 15 is 0 Å². The van der Waals surface area contributed by atoms with Gasteiger partial charge in [0.2, 0.25) is 17.7 Å². The average molecular weight is 532 g/mol. The second-order valence-electron chi connectivity index (χ2n) is 9.70. The van der Waals surface area contributed by atoms with Crippen molar-refractivity contribution in [2.75, 3.05) is 19.6 Å². The lowest BCUT2D eigenvalue weighted by Gasteiger charge is -2.30.